The van der Waals surface area contributed by atoms with Crippen LogP contribution in [0.1, 0.15) is 18.4 Å². The molecule has 2 N–H and O–H groups in total. The summed E-state index contributed by atoms with van der Waals surface area (Å²) in [5, 5.41) is 15.6. The van der Waals surface area contributed by atoms with Gasteiger partial charge in [0.1, 0.15) is 11.6 Å². The van der Waals surface area contributed by atoms with Crippen LogP contribution in [0.5, 0.6) is 5.75 Å². The molecule has 1 aliphatic rings. The van der Waals surface area contributed by atoms with Crippen LogP contribution in [0.25, 0.3) is 0 Å². The van der Waals surface area contributed by atoms with Gasteiger partial charge in [-0.1, -0.05) is 0 Å². The summed E-state index contributed by atoms with van der Waals surface area (Å²) in [6, 6.07) is 3.07. The van der Waals surface area contributed by atoms with Gasteiger partial charge in [0.15, 0.2) is 0 Å². The van der Waals surface area contributed by atoms with Gasteiger partial charge < -0.3 is 14.9 Å². The Labute approximate surface area is 118 Å². The number of halogens is 2. The van der Waals surface area contributed by atoms with Gasteiger partial charge in [-0.15, -0.1) is 0 Å². The Balaban J connectivity index is 0.000000232. The summed E-state index contributed by atoms with van der Waals surface area (Å²) in [5.74, 6) is -0.246. The highest BCUT2D eigenvalue weighted by Gasteiger charge is 2.14. The molecule has 1 aromatic rings. The van der Waals surface area contributed by atoms with Gasteiger partial charge in [0.25, 0.3) is 0 Å². The number of ether oxygens (including phenoxy) is 1. The summed E-state index contributed by atoms with van der Waals surface area (Å²) >= 11 is 2.10. The lowest BCUT2D eigenvalue weighted by Gasteiger charge is -2.18. The normalized spacial score (nSPS) is 12.8. The summed E-state index contributed by atoms with van der Waals surface area (Å²) in [6.07, 6.45) is 1.77. The van der Waals surface area contributed by atoms with Crippen LogP contribution in [-0.4, -0.2) is 29.4 Å². The Bertz CT molecular complexity index is 423. The van der Waals surface area contributed by atoms with Crippen molar-refractivity contribution in [3.8, 4) is 5.75 Å². The largest absolute Gasteiger partial charge is 0.492 e. The Morgan fingerprint density at radius 2 is 2.22 bits per heavy atom. The van der Waals surface area contributed by atoms with E-state index in [-0.39, 0.29) is 18.8 Å². The molecule has 1 heterocycles. The van der Waals surface area contributed by atoms with Gasteiger partial charge >= 0.3 is 5.97 Å². The molecule has 1 aromatic carbocycles. The van der Waals surface area contributed by atoms with E-state index in [0.29, 0.717) is 0 Å². The number of carboxylic acids is 1. The monoisotopic (exact) mass is 368 g/mol. The number of hydrogen-bond acceptors (Lipinski definition) is 3. The molecule has 0 saturated heterocycles. The molecular weight excluding hydrogens is 354 g/mol. The van der Waals surface area contributed by atoms with Crippen LogP contribution in [-0.2, 0) is 11.2 Å². The molecule has 0 amide bonds. The van der Waals surface area contributed by atoms with Crippen LogP contribution < -0.4 is 4.74 Å². The fraction of sp³-hybridized carbons (Fsp3) is 0.417. The second-order valence-corrected chi connectivity index (χ2v) is 4.86. The Morgan fingerprint density at radius 3 is 2.78 bits per heavy atom. The van der Waals surface area contributed by atoms with Gasteiger partial charge in [-0.05, 0) is 53.1 Å². The Kier molecular flexibility index (Phi) is 6.34. The number of aryl methyl sites for hydroxylation is 1. The topological polar surface area (TPSA) is 66.8 Å². The standard InChI is InChI=1S/C9H8FIO.C3H6O3/c10-7-4-6-2-1-3-12-9(6)8(11)5-7;4-2-1-3(5)6/h4-5H,1-3H2;4H,1-2H2,(H,5,6). The van der Waals surface area contributed by atoms with Crippen LogP contribution in [0.15, 0.2) is 12.1 Å². The minimum Gasteiger partial charge on any atom is -0.492 e. The number of rotatable bonds is 2. The molecule has 0 bridgehead atoms. The predicted octanol–water partition coefficient (Wildman–Crippen LogP) is 2.21. The zero-order valence-corrected chi connectivity index (χ0v) is 11.8. The number of aliphatic hydroxyl groups is 1. The van der Waals surface area contributed by atoms with Crippen molar-refractivity contribution < 1.29 is 24.1 Å². The molecule has 0 aromatic heterocycles. The molecule has 2 rings (SSSR count). The minimum absolute atomic E-state index is 0.153. The lowest BCUT2D eigenvalue weighted by Crippen LogP contribution is -2.09. The number of aliphatic carboxylic acids is 1. The van der Waals surface area contributed by atoms with Gasteiger partial charge in [-0.3, -0.25) is 4.79 Å². The third kappa shape index (κ3) is 4.77. The molecule has 0 radical (unpaired) electrons. The van der Waals surface area contributed by atoms with E-state index in [4.69, 9.17) is 14.9 Å². The fourth-order valence-electron chi connectivity index (χ4n) is 1.49. The van der Waals surface area contributed by atoms with E-state index in [1.54, 1.807) is 6.07 Å². The number of fused-ring (bicyclic) bond motifs is 1. The molecule has 0 unspecified atom stereocenters. The summed E-state index contributed by atoms with van der Waals surface area (Å²) in [5.41, 5.74) is 1.01. The maximum atomic E-state index is 12.9. The van der Waals surface area contributed by atoms with Gasteiger partial charge in [-0.2, -0.15) is 0 Å². The number of carbonyl (C=O) groups is 1. The van der Waals surface area contributed by atoms with E-state index in [2.05, 4.69) is 22.6 Å². The van der Waals surface area contributed by atoms with Crippen molar-refractivity contribution in [1.29, 1.82) is 0 Å². The van der Waals surface area contributed by atoms with Gasteiger partial charge in [-0.25, -0.2) is 4.39 Å². The second-order valence-electron chi connectivity index (χ2n) is 3.70. The van der Waals surface area contributed by atoms with Crippen LogP contribution in [0, 0.1) is 9.39 Å². The molecule has 18 heavy (non-hydrogen) atoms. The van der Waals surface area contributed by atoms with E-state index in [9.17, 15) is 9.18 Å². The summed E-state index contributed by atoms with van der Waals surface area (Å²) < 4.78 is 19.2. The summed E-state index contributed by atoms with van der Waals surface area (Å²) in [4.78, 5) is 9.44. The Hall–Kier alpha value is -0.890. The smallest absolute Gasteiger partial charge is 0.305 e. The number of carboxylic acid groups (broad SMARTS) is 1. The average molecular weight is 368 g/mol. The van der Waals surface area contributed by atoms with Crippen molar-refractivity contribution in [2.45, 2.75) is 19.3 Å². The molecule has 0 fully saturated rings. The van der Waals surface area contributed by atoms with Crippen molar-refractivity contribution in [3.05, 3.63) is 27.1 Å². The van der Waals surface area contributed by atoms with Crippen LogP contribution >= 0.6 is 22.6 Å². The average Bonchev–Trinajstić information content (AvgIpc) is 2.29. The SMILES string of the molecule is Fc1cc(I)c2c(c1)CCCO2.O=C(O)CCO. The molecule has 0 spiro atoms. The van der Waals surface area contributed by atoms with E-state index < -0.39 is 5.97 Å². The second kappa shape index (κ2) is 7.52. The highest BCUT2D eigenvalue weighted by molar-refractivity contribution is 14.1. The first-order valence-corrected chi connectivity index (χ1v) is 6.56. The summed E-state index contributed by atoms with van der Waals surface area (Å²) in [6.45, 7) is 0.490. The molecule has 100 valence electrons. The lowest BCUT2D eigenvalue weighted by molar-refractivity contribution is -0.137. The zero-order valence-electron chi connectivity index (χ0n) is 9.66. The number of aliphatic hydroxyl groups excluding tert-OH is 1. The van der Waals surface area contributed by atoms with Crippen molar-refractivity contribution >= 4 is 28.6 Å². The van der Waals surface area contributed by atoms with Crippen LogP contribution in [0.4, 0.5) is 4.39 Å². The molecule has 1 aliphatic heterocycles. The van der Waals surface area contributed by atoms with Gasteiger partial charge in [0.05, 0.1) is 23.2 Å². The maximum Gasteiger partial charge on any atom is 0.305 e. The highest BCUT2D eigenvalue weighted by atomic mass is 127. The molecule has 0 aliphatic carbocycles. The first-order valence-electron chi connectivity index (χ1n) is 5.48. The molecule has 6 heteroatoms. The van der Waals surface area contributed by atoms with E-state index in [1.165, 1.54) is 6.07 Å². The van der Waals surface area contributed by atoms with E-state index in [1.807, 2.05) is 0 Å². The predicted molar refractivity (Wildman–Crippen MR) is 72.3 cm³/mol. The van der Waals surface area contributed by atoms with E-state index >= 15 is 0 Å². The van der Waals surface area contributed by atoms with Crippen molar-refractivity contribution in [2.24, 2.45) is 0 Å². The van der Waals surface area contributed by atoms with Crippen molar-refractivity contribution in [3.63, 3.8) is 0 Å². The maximum absolute atomic E-state index is 12.9. The first kappa shape index (κ1) is 15.2. The minimum atomic E-state index is -0.961. The van der Waals surface area contributed by atoms with Gasteiger partial charge in [0.2, 0.25) is 0 Å². The molecule has 4 nitrogen and oxygen atoms in total. The van der Waals surface area contributed by atoms with Crippen molar-refractivity contribution in [1.82, 2.24) is 0 Å². The van der Waals surface area contributed by atoms with Crippen LogP contribution in [0.3, 0.4) is 0 Å². The van der Waals surface area contributed by atoms with E-state index in [0.717, 1.165) is 34.3 Å². The third-order valence-electron chi connectivity index (χ3n) is 2.25. The molecular formula is C12H14FIO4. The van der Waals surface area contributed by atoms with Crippen LogP contribution in [0.2, 0.25) is 0 Å². The number of hydrogen-bond donors (Lipinski definition) is 2. The highest BCUT2D eigenvalue weighted by Crippen LogP contribution is 2.30. The molecule has 0 saturated carbocycles. The van der Waals surface area contributed by atoms with Gasteiger partial charge in [0, 0.05) is 0 Å². The molecule has 0 atom stereocenters. The van der Waals surface area contributed by atoms with Crippen molar-refractivity contribution in [2.75, 3.05) is 13.2 Å². The summed E-state index contributed by atoms with van der Waals surface area (Å²) in [7, 11) is 0. The zero-order chi connectivity index (χ0) is 13.5. The fourth-order valence-corrected chi connectivity index (χ4v) is 2.29. The number of benzene rings is 1. The Morgan fingerprint density at radius 1 is 1.50 bits per heavy atom. The lowest BCUT2D eigenvalue weighted by atomic mass is 10.1. The first-order chi connectivity index (χ1) is 8.54. The quantitative estimate of drug-likeness (QED) is 0.786. The third-order valence-corrected chi connectivity index (χ3v) is 3.05.